The smallest absolute Gasteiger partial charge is 0.331 e. The van der Waals surface area contributed by atoms with E-state index in [2.05, 4.69) is 15.6 Å². The van der Waals surface area contributed by atoms with Gasteiger partial charge in [-0.2, -0.15) is 0 Å². The minimum Gasteiger partial charge on any atom is -0.478 e. The van der Waals surface area contributed by atoms with E-state index in [1.54, 1.807) is 0 Å². The van der Waals surface area contributed by atoms with Gasteiger partial charge in [0.05, 0.1) is 5.01 Å². The van der Waals surface area contributed by atoms with Crippen molar-refractivity contribution in [3.05, 3.63) is 27.2 Å². The van der Waals surface area contributed by atoms with Gasteiger partial charge in [0.15, 0.2) is 0 Å². The SMILES string of the molecule is CC(C(=O)O)=C(C)C(=O)NC(=O)NCCc1nc(C)cs1. The quantitative estimate of drug-likeness (QED) is 0.709. The Hall–Kier alpha value is -2.22. The summed E-state index contributed by atoms with van der Waals surface area (Å²) in [6.45, 7) is 4.88. The summed E-state index contributed by atoms with van der Waals surface area (Å²) in [6, 6.07) is -0.661. The van der Waals surface area contributed by atoms with Gasteiger partial charge in [-0.3, -0.25) is 10.1 Å². The minimum absolute atomic E-state index is 0.00630. The standard InChI is InChI=1S/C13H17N3O4S/c1-7-6-21-10(15-7)4-5-14-13(20)16-11(17)8(2)9(3)12(18)19/h6H,4-5H2,1-3H3,(H,18,19)(H2,14,16,17,20). The zero-order valence-electron chi connectivity index (χ0n) is 12.0. The predicted molar refractivity (Wildman–Crippen MR) is 78.1 cm³/mol. The third-order valence-corrected chi connectivity index (χ3v) is 3.77. The van der Waals surface area contributed by atoms with Crippen molar-refractivity contribution >= 4 is 29.2 Å². The fourth-order valence-electron chi connectivity index (χ4n) is 1.37. The van der Waals surface area contributed by atoms with Crippen LogP contribution in [0.25, 0.3) is 0 Å². The Bertz CT molecular complexity index is 592. The van der Waals surface area contributed by atoms with Crippen molar-refractivity contribution in [2.45, 2.75) is 27.2 Å². The molecule has 8 heteroatoms. The highest BCUT2D eigenvalue weighted by Crippen LogP contribution is 2.08. The second-order valence-corrected chi connectivity index (χ2v) is 5.34. The normalized spacial score (nSPS) is 11.6. The average Bonchev–Trinajstić information content (AvgIpc) is 2.82. The molecule has 114 valence electrons. The fraction of sp³-hybridized carbons (Fsp3) is 0.385. The Morgan fingerprint density at radius 3 is 2.48 bits per heavy atom. The van der Waals surface area contributed by atoms with Gasteiger partial charge in [0.25, 0.3) is 5.91 Å². The topological polar surface area (TPSA) is 108 Å². The molecule has 3 amide bonds. The van der Waals surface area contributed by atoms with Crippen molar-refractivity contribution in [1.29, 1.82) is 0 Å². The van der Waals surface area contributed by atoms with Gasteiger partial charge >= 0.3 is 12.0 Å². The van der Waals surface area contributed by atoms with Crippen LogP contribution in [0.4, 0.5) is 4.79 Å². The van der Waals surface area contributed by atoms with E-state index in [-0.39, 0.29) is 11.1 Å². The van der Waals surface area contributed by atoms with E-state index in [1.807, 2.05) is 12.3 Å². The van der Waals surface area contributed by atoms with Gasteiger partial charge in [-0.25, -0.2) is 14.6 Å². The molecule has 0 aliphatic rings. The first-order valence-electron chi connectivity index (χ1n) is 6.22. The molecule has 0 saturated carbocycles. The monoisotopic (exact) mass is 311 g/mol. The number of hydrogen-bond donors (Lipinski definition) is 3. The molecule has 0 spiro atoms. The Kier molecular flexibility index (Phi) is 6.04. The summed E-state index contributed by atoms with van der Waals surface area (Å²) in [5, 5.41) is 16.2. The maximum Gasteiger partial charge on any atom is 0.331 e. The van der Waals surface area contributed by atoms with Crippen LogP contribution in [0.15, 0.2) is 16.5 Å². The first-order chi connectivity index (χ1) is 9.81. The van der Waals surface area contributed by atoms with Crippen molar-refractivity contribution in [3.63, 3.8) is 0 Å². The van der Waals surface area contributed by atoms with Crippen LogP contribution < -0.4 is 10.6 Å². The number of nitrogens with one attached hydrogen (secondary N) is 2. The minimum atomic E-state index is -1.19. The van der Waals surface area contributed by atoms with Crippen LogP contribution in [0.1, 0.15) is 24.5 Å². The van der Waals surface area contributed by atoms with E-state index >= 15 is 0 Å². The molecule has 3 N–H and O–H groups in total. The summed E-state index contributed by atoms with van der Waals surface area (Å²) < 4.78 is 0. The number of amides is 3. The first-order valence-corrected chi connectivity index (χ1v) is 7.10. The van der Waals surface area contributed by atoms with Gasteiger partial charge < -0.3 is 10.4 Å². The number of carboxylic acids is 1. The molecule has 1 aromatic rings. The van der Waals surface area contributed by atoms with Crippen molar-refractivity contribution in [2.24, 2.45) is 0 Å². The highest BCUT2D eigenvalue weighted by molar-refractivity contribution is 7.09. The van der Waals surface area contributed by atoms with E-state index in [9.17, 15) is 14.4 Å². The second-order valence-electron chi connectivity index (χ2n) is 4.40. The lowest BCUT2D eigenvalue weighted by molar-refractivity contribution is -0.133. The predicted octanol–water partition coefficient (Wildman–Crippen LogP) is 1.24. The number of nitrogens with zero attached hydrogens (tertiary/aromatic N) is 1. The number of aromatic nitrogens is 1. The van der Waals surface area contributed by atoms with Crippen LogP contribution in [-0.4, -0.2) is 34.5 Å². The molecule has 0 radical (unpaired) electrons. The van der Waals surface area contributed by atoms with Gasteiger partial charge in [-0.05, 0) is 20.8 Å². The molecule has 0 atom stereocenters. The van der Waals surface area contributed by atoms with E-state index < -0.39 is 17.9 Å². The number of carboxylic acid groups (broad SMARTS) is 1. The number of aryl methyl sites for hydroxylation is 1. The number of hydrogen-bond acceptors (Lipinski definition) is 5. The number of thiazole rings is 1. The highest BCUT2D eigenvalue weighted by Gasteiger charge is 2.14. The van der Waals surface area contributed by atoms with Gasteiger partial charge in [0, 0.05) is 35.2 Å². The van der Waals surface area contributed by atoms with Crippen molar-refractivity contribution in [2.75, 3.05) is 6.54 Å². The van der Waals surface area contributed by atoms with Crippen molar-refractivity contribution < 1.29 is 19.5 Å². The summed E-state index contributed by atoms with van der Waals surface area (Å²) >= 11 is 1.50. The number of urea groups is 1. The van der Waals surface area contributed by atoms with Crippen LogP contribution in [0.3, 0.4) is 0 Å². The van der Waals surface area contributed by atoms with Crippen LogP contribution in [-0.2, 0) is 16.0 Å². The second kappa shape index (κ2) is 7.53. The van der Waals surface area contributed by atoms with Gasteiger partial charge in [-0.1, -0.05) is 0 Å². The van der Waals surface area contributed by atoms with Crippen LogP contribution in [0.5, 0.6) is 0 Å². The van der Waals surface area contributed by atoms with Crippen molar-refractivity contribution in [3.8, 4) is 0 Å². The lowest BCUT2D eigenvalue weighted by atomic mass is 10.1. The zero-order valence-corrected chi connectivity index (χ0v) is 12.8. The summed E-state index contributed by atoms with van der Waals surface area (Å²) in [5.74, 6) is -1.92. The third kappa shape index (κ3) is 5.35. The number of aliphatic carboxylic acids is 1. The number of imide groups is 1. The Morgan fingerprint density at radius 2 is 1.95 bits per heavy atom. The summed E-state index contributed by atoms with van der Waals surface area (Å²) in [5.41, 5.74) is 0.825. The van der Waals surface area contributed by atoms with Crippen molar-refractivity contribution in [1.82, 2.24) is 15.6 Å². The van der Waals surface area contributed by atoms with E-state index in [4.69, 9.17) is 5.11 Å². The third-order valence-electron chi connectivity index (χ3n) is 2.74. The molecule has 0 aromatic carbocycles. The Balaban J connectivity index is 2.41. The van der Waals surface area contributed by atoms with E-state index in [0.717, 1.165) is 10.7 Å². The van der Waals surface area contributed by atoms with Gasteiger partial charge in [0.2, 0.25) is 0 Å². The number of carbonyl (C=O) groups is 3. The lowest BCUT2D eigenvalue weighted by Crippen LogP contribution is -2.41. The Morgan fingerprint density at radius 1 is 1.29 bits per heavy atom. The molecule has 1 aromatic heterocycles. The molecular weight excluding hydrogens is 294 g/mol. The van der Waals surface area contributed by atoms with Crippen LogP contribution >= 0.6 is 11.3 Å². The Labute approximate surface area is 126 Å². The molecule has 21 heavy (non-hydrogen) atoms. The molecule has 7 nitrogen and oxygen atoms in total. The molecule has 0 unspecified atom stereocenters. The van der Waals surface area contributed by atoms with Gasteiger partial charge in [-0.15, -0.1) is 11.3 Å². The molecule has 1 heterocycles. The lowest BCUT2D eigenvalue weighted by Gasteiger charge is -2.07. The van der Waals surface area contributed by atoms with Crippen LogP contribution in [0.2, 0.25) is 0 Å². The van der Waals surface area contributed by atoms with E-state index in [1.165, 1.54) is 25.2 Å². The molecule has 0 aliphatic heterocycles. The summed E-state index contributed by atoms with van der Waals surface area (Å²) in [7, 11) is 0. The molecule has 0 bridgehead atoms. The molecule has 0 aliphatic carbocycles. The zero-order chi connectivity index (χ0) is 16.0. The molecule has 1 rings (SSSR count). The average molecular weight is 311 g/mol. The molecular formula is C13H17N3O4S. The summed E-state index contributed by atoms with van der Waals surface area (Å²) in [4.78, 5) is 38.1. The molecule has 0 saturated heterocycles. The maximum absolute atomic E-state index is 11.6. The number of rotatable bonds is 5. The summed E-state index contributed by atoms with van der Waals surface area (Å²) in [6.07, 6.45) is 0.573. The largest absolute Gasteiger partial charge is 0.478 e. The van der Waals surface area contributed by atoms with Crippen LogP contribution in [0, 0.1) is 6.92 Å². The van der Waals surface area contributed by atoms with Gasteiger partial charge in [0.1, 0.15) is 0 Å². The fourth-order valence-corrected chi connectivity index (χ4v) is 2.15. The number of carbonyl (C=O) groups excluding carboxylic acids is 2. The first kappa shape index (κ1) is 16.8. The maximum atomic E-state index is 11.6. The molecule has 0 fully saturated rings. The highest BCUT2D eigenvalue weighted by atomic mass is 32.1. The van der Waals surface area contributed by atoms with E-state index in [0.29, 0.717) is 13.0 Å².